The quantitative estimate of drug-likeness (QED) is 0.331. The molecule has 2 N–H and O–H groups in total. The number of rotatable bonds is 11. The van der Waals surface area contributed by atoms with Crippen LogP contribution < -0.4 is 9.47 Å². The van der Waals surface area contributed by atoms with E-state index in [0.717, 1.165) is 19.3 Å². The van der Waals surface area contributed by atoms with Crippen molar-refractivity contribution in [3.8, 4) is 23.0 Å². The number of esters is 1. The summed E-state index contributed by atoms with van der Waals surface area (Å²) in [5.41, 5.74) is 0. The van der Waals surface area contributed by atoms with E-state index in [1.54, 1.807) is 42.5 Å². The van der Waals surface area contributed by atoms with Crippen molar-refractivity contribution in [3.63, 3.8) is 0 Å². The highest BCUT2D eigenvalue weighted by Crippen LogP contribution is 2.27. The van der Waals surface area contributed by atoms with Crippen LogP contribution in [0.3, 0.4) is 0 Å². The van der Waals surface area contributed by atoms with Crippen molar-refractivity contribution in [2.45, 2.75) is 44.9 Å². The average molecular weight is 372 g/mol. The first kappa shape index (κ1) is 20.3. The molecular weight excluding hydrogens is 348 g/mol. The summed E-state index contributed by atoms with van der Waals surface area (Å²) in [6.07, 6.45) is 4.54. The normalized spacial score (nSPS) is 10.4. The van der Waals surface area contributed by atoms with Gasteiger partial charge in [0.1, 0.15) is 23.0 Å². The molecule has 0 bridgehead atoms. The van der Waals surface area contributed by atoms with E-state index in [0.29, 0.717) is 36.5 Å². The molecule has 0 saturated carbocycles. The number of hydrogen-bond acceptors (Lipinski definition) is 5. The Hall–Kier alpha value is -3.02. The number of carboxylic acids is 1. The molecule has 0 aromatic heterocycles. The predicted molar refractivity (Wildman–Crippen MR) is 100 cm³/mol. The van der Waals surface area contributed by atoms with Gasteiger partial charge in [0.15, 0.2) is 0 Å². The van der Waals surface area contributed by atoms with Crippen molar-refractivity contribution in [2.75, 3.05) is 0 Å². The zero-order valence-corrected chi connectivity index (χ0v) is 15.1. The molecule has 6 nitrogen and oxygen atoms in total. The van der Waals surface area contributed by atoms with Gasteiger partial charge in [0, 0.05) is 25.0 Å². The Labute approximate surface area is 158 Å². The van der Waals surface area contributed by atoms with E-state index >= 15 is 0 Å². The molecule has 0 radical (unpaired) electrons. The lowest BCUT2D eigenvalue weighted by Gasteiger charge is -2.08. The van der Waals surface area contributed by atoms with Gasteiger partial charge in [-0.3, -0.25) is 9.59 Å². The first-order chi connectivity index (χ1) is 13.0. The third kappa shape index (κ3) is 8.27. The van der Waals surface area contributed by atoms with Crippen LogP contribution in [0.15, 0.2) is 48.5 Å². The molecule has 2 rings (SSSR count). The van der Waals surface area contributed by atoms with E-state index in [1.807, 2.05) is 0 Å². The number of benzene rings is 2. The number of carboxylic acid groups (broad SMARTS) is 1. The highest BCUT2D eigenvalue weighted by atomic mass is 16.5. The second-order valence-electron chi connectivity index (χ2n) is 6.21. The predicted octanol–water partition coefficient (Wildman–Crippen LogP) is 4.91. The molecule has 0 saturated heterocycles. The number of carbonyl (C=O) groups excluding carboxylic acids is 1. The van der Waals surface area contributed by atoms with Gasteiger partial charge in [-0.25, -0.2) is 0 Å². The lowest BCUT2D eigenvalue weighted by molar-refractivity contribution is -0.137. The fourth-order valence-corrected chi connectivity index (χ4v) is 2.54. The summed E-state index contributed by atoms with van der Waals surface area (Å²) in [6.45, 7) is 0. The summed E-state index contributed by atoms with van der Waals surface area (Å²) in [6, 6.07) is 13.2. The molecular formula is C21H24O6. The summed E-state index contributed by atoms with van der Waals surface area (Å²) in [5.74, 6) is 0.423. The highest BCUT2D eigenvalue weighted by molar-refractivity contribution is 5.72. The Morgan fingerprint density at radius 3 is 2.07 bits per heavy atom. The fourth-order valence-electron chi connectivity index (χ4n) is 2.54. The minimum Gasteiger partial charge on any atom is -0.508 e. The van der Waals surface area contributed by atoms with Crippen LogP contribution in [-0.4, -0.2) is 22.2 Å². The van der Waals surface area contributed by atoms with Gasteiger partial charge in [0.05, 0.1) is 0 Å². The van der Waals surface area contributed by atoms with Crippen LogP contribution in [0.25, 0.3) is 0 Å². The number of aromatic hydroxyl groups is 1. The number of hydrogen-bond donors (Lipinski definition) is 2. The fraction of sp³-hybridized carbons (Fsp3) is 0.333. The van der Waals surface area contributed by atoms with Crippen molar-refractivity contribution < 1.29 is 29.3 Å². The number of phenolic OH excluding ortho intramolecular Hbond substituents is 1. The van der Waals surface area contributed by atoms with Gasteiger partial charge in [-0.1, -0.05) is 31.4 Å². The standard InChI is InChI=1S/C21H24O6/c22-16-8-6-9-17(14-16)26-18-10-7-11-19(15-18)27-21(25)13-5-3-1-2-4-12-20(23)24/h6-11,14-15,22H,1-5,12-13H2,(H,23,24). The first-order valence-corrected chi connectivity index (χ1v) is 9.02. The largest absolute Gasteiger partial charge is 0.508 e. The molecule has 0 atom stereocenters. The zero-order chi connectivity index (χ0) is 19.5. The van der Waals surface area contributed by atoms with E-state index < -0.39 is 5.97 Å². The molecule has 0 amide bonds. The SMILES string of the molecule is O=C(O)CCCCCCCC(=O)Oc1cccc(Oc2cccc(O)c2)c1. The molecule has 2 aromatic rings. The van der Waals surface area contributed by atoms with E-state index in [9.17, 15) is 14.7 Å². The first-order valence-electron chi connectivity index (χ1n) is 9.02. The van der Waals surface area contributed by atoms with Gasteiger partial charge in [-0.05, 0) is 37.1 Å². The van der Waals surface area contributed by atoms with Gasteiger partial charge in [0.2, 0.25) is 0 Å². The van der Waals surface area contributed by atoms with Gasteiger partial charge < -0.3 is 19.7 Å². The summed E-state index contributed by atoms with van der Waals surface area (Å²) >= 11 is 0. The van der Waals surface area contributed by atoms with Crippen LogP contribution in [-0.2, 0) is 9.59 Å². The van der Waals surface area contributed by atoms with Gasteiger partial charge in [0.25, 0.3) is 0 Å². The van der Waals surface area contributed by atoms with Crippen LogP contribution in [0.1, 0.15) is 44.9 Å². The summed E-state index contributed by atoms with van der Waals surface area (Å²) in [4.78, 5) is 22.3. The zero-order valence-electron chi connectivity index (χ0n) is 15.1. The Bertz CT molecular complexity index is 756. The molecule has 27 heavy (non-hydrogen) atoms. The van der Waals surface area contributed by atoms with Gasteiger partial charge >= 0.3 is 11.9 Å². The minimum atomic E-state index is -0.770. The van der Waals surface area contributed by atoms with E-state index in [1.165, 1.54) is 6.07 Å². The number of unbranched alkanes of at least 4 members (excludes halogenated alkanes) is 4. The summed E-state index contributed by atoms with van der Waals surface area (Å²) < 4.78 is 11.0. The highest BCUT2D eigenvalue weighted by Gasteiger charge is 2.07. The maximum Gasteiger partial charge on any atom is 0.311 e. The van der Waals surface area contributed by atoms with Gasteiger partial charge in [-0.15, -0.1) is 0 Å². The van der Waals surface area contributed by atoms with Crippen LogP contribution in [0.4, 0.5) is 0 Å². The molecule has 6 heteroatoms. The second-order valence-corrected chi connectivity index (χ2v) is 6.21. The second kappa shape index (κ2) is 10.9. The van der Waals surface area contributed by atoms with Crippen molar-refractivity contribution in [1.82, 2.24) is 0 Å². The molecule has 0 spiro atoms. The minimum absolute atomic E-state index is 0.109. The van der Waals surface area contributed by atoms with Crippen LogP contribution >= 0.6 is 0 Å². The topological polar surface area (TPSA) is 93.1 Å². The van der Waals surface area contributed by atoms with Crippen molar-refractivity contribution in [3.05, 3.63) is 48.5 Å². The maximum atomic E-state index is 11.9. The Morgan fingerprint density at radius 1 is 0.778 bits per heavy atom. The van der Waals surface area contributed by atoms with Crippen molar-refractivity contribution in [2.24, 2.45) is 0 Å². The van der Waals surface area contributed by atoms with Crippen molar-refractivity contribution in [1.29, 1.82) is 0 Å². The number of aliphatic carboxylic acids is 1. The Balaban J connectivity index is 1.72. The van der Waals surface area contributed by atoms with E-state index in [4.69, 9.17) is 14.6 Å². The average Bonchev–Trinajstić information content (AvgIpc) is 2.61. The van der Waals surface area contributed by atoms with Crippen molar-refractivity contribution >= 4 is 11.9 Å². The summed E-state index contributed by atoms with van der Waals surface area (Å²) in [7, 11) is 0. The Kier molecular flexibility index (Phi) is 8.16. The molecule has 144 valence electrons. The molecule has 2 aromatic carbocycles. The maximum absolute atomic E-state index is 11.9. The third-order valence-corrected chi connectivity index (χ3v) is 3.86. The number of phenols is 1. The third-order valence-electron chi connectivity index (χ3n) is 3.86. The van der Waals surface area contributed by atoms with Crippen LogP contribution in [0.5, 0.6) is 23.0 Å². The number of ether oxygens (including phenoxy) is 2. The lowest BCUT2D eigenvalue weighted by atomic mass is 10.1. The van der Waals surface area contributed by atoms with Crippen LogP contribution in [0.2, 0.25) is 0 Å². The molecule has 0 unspecified atom stereocenters. The smallest absolute Gasteiger partial charge is 0.311 e. The molecule has 0 aliphatic heterocycles. The van der Waals surface area contributed by atoms with E-state index in [-0.39, 0.29) is 18.1 Å². The molecule has 0 heterocycles. The number of carbonyl (C=O) groups is 2. The van der Waals surface area contributed by atoms with Crippen LogP contribution in [0, 0.1) is 0 Å². The molecule has 0 aliphatic carbocycles. The Morgan fingerprint density at radius 2 is 1.37 bits per heavy atom. The van der Waals surface area contributed by atoms with Gasteiger partial charge in [-0.2, -0.15) is 0 Å². The summed E-state index contributed by atoms with van der Waals surface area (Å²) in [5, 5.41) is 18.0. The molecule has 0 aliphatic rings. The lowest BCUT2D eigenvalue weighted by Crippen LogP contribution is -2.07. The van der Waals surface area contributed by atoms with E-state index in [2.05, 4.69) is 0 Å². The monoisotopic (exact) mass is 372 g/mol. The molecule has 0 fully saturated rings.